The van der Waals surface area contributed by atoms with Gasteiger partial charge >= 0.3 is 5.51 Å². The zero-order valence-electron chi connectivity index (χ0n) is 14.9. The first-order valence-electron chi connectivity index (χ1n) is 8.84. The van der Waals surface area contributed by atoms with Crippen LogP contribution in [0.5, 0.6) is 0 Å². The molecule has 5 nitrogen and oxygen atoms in total. The number of pyridine rings is 1. The maximum atomic E-state index is 12.5. The molecule has 1 aliphatic carbocycles. The van der Waals surface area contributed by atoms with Crippen LogP contribution in [0.2, 0.25) is 0 Å². The number of hydrogen-bond acceptors (Lipinski definition) is 5. The van der Waals surface area contributed by atoms with E-state index in [9.17, 15) is 18.0 Å². The van der Waals surface area contributed by atoms with Crippen LogP contribution < -0.4 is 10.6 Å². The van der Waals surface area contributed by atoms with Crippen molar-refractivity contribution in [3.8, 4) is 0 Å². The molecule has 2 fully saturated rings. The largest absolute Gasteiger partial charge is 0.446 e. The van der Waals surface area contributed by atoms with Crippen LogP contribution in [-0.4, -0.2) is 40.1 Å². The Morgan fingerprint density at radius 1 is 1.21 bits per heavy atom. The van der Waals surface area contributed by atoms with E-state index in [1.165, 1.54) is 18.3 Å². The van der Waals surface area contributed by atoms with Crippen molar-refractivity contribution >= 4 is 23.4 Å². The van der Waals surface area contributed by atoms with Gasteiger partial charge in [0, 0.05) is 41.6 Å². The maximum absolute atomic E-state index is 12.5. The molecule has 28 heavy (non-hydrogen) atoms. The number of thioether (sulfide) groups is 1. The summed E-state index contributed by atoms with van der Waals surface area (Å²) in [4.78, 5) is 20.3. The smallest absolute Gasteiger partial charge is 0.366 e. The van der Waals surface area contributed by atoms with E-state index in [1.807, 2.05) is 6.07 Å². The summed E-state index contributed by atoms with van der Waals surface area (Å²) in [5, 5.41) is 0. The number of benzene rings is 1. The third kappa shape index (κ3) is 3.95. The molecular weight excluding hydrogens is 389 g/mol. The fourth-order valence-electron chi connectivity index (χ4n) is 3.72. The average Bonchev–Trinajstić information content (AvgIpc) is 3.32. The lowest BCUT2D eigenvalue weighted by molar-refractivity contribution is -0.0328. The molecule has 1 spiro atoms. The summed E-state index contributed by atoms with van der Waals surface area (Å²) in [6, 6.07) is 8.28. The molecule has 2 N–H and O–H groups in total. The Kier molecular flexibility index (Phi) is 4.75. The van der Waals surface area contributed by atoms with Crippen LogP contribution in [-0.2, 0) is 6.54 Å². The van der Waals surface area contributed by atoms with Crippen LogP contribution in [0.1, 0.15) is 28.8 Å². The highest BCUT2D eigenvalue weighted by Gasteiger charge is 2.53. The lowest BCUT2D eigenvalue weighted by Gasteiger charge is -2.23. The fourth-order valence-corrected chi connectivity index (χ4v) is 4.26. The lowest BCUT2D eigenvalue weighted by Crippen LogP contribution is -2.33. The van der Waals surface area contributed by atoms with Gasteiger partial charge in [-0.2, -0.15) is 13.2 Å². The number of alkyl halides is 3. The third-order valence-corrected chi connectivity index (χ3v) is 6.04. The molecule has 2 heterocycles. The van der Waals surface area contributed by atoms with Crippen LogP contribution in [0.15, 0.2) is 47.6 Å². The molecule has 0 bridgehead atoms. The van der Waals surface area contributed by atoms with Crippen molar-refractivity contribution < 1.29 is 18.0 Å². The normalized spacial score (nSPS) is 18.6. The van der Waals surface area contributed by atoms with E-state index in [2.05, 4.69) is 14.8 Å². The highest BCUT2D eigenvalue weighted by Crippen LogP contribution is 2.48. The summed E-state index contributed by atoms with van der Waals surface area (Å²) in [6.45, 7) is 2.04. The summed E-state index contributed by atoms with van der Waals surface area (Å²) in [5.41, 5.74) is 3.38. The molecule has 1 saturated carbocycles. The molecule has 0 unspecified atom stereocenters. The van der Waals surface area contributed by atoms with E-state index < -0.39 is 11.4 Å². The third-order valence-electron chi connectivity index (χ3n) is 5.30. The number of nitrogens with two attached hydrogens (primary N) is 1. The minimum absolute atomic E-state index is 0.0532. The summed E-state index contributed by atoms with van der Waals surface area (Å²) in [5.74, 6) is -0.498. The zero-order chi connectivity index (χ0) is 19.9. The van der Waals surface area contributed by atoms with Crippen LogP contribution in [0.3, 0.4) is 0 Å². The molecule has 2 aliphatic rings. The Bertz CT molecular complexity index is 883. The number of primary amides is 1. The number of anilines is 1. The average molecular weight is 408 g/mol. The minimum atomic E-state index is -4.29. The van der Waals surface area contributed by atoms with Crippen molar-refractivity contribution in [2.45, 2.75) is 35.3 Å². The lowest BCUT2D eigenvalue weighted by atomic mass is 10.1. The van der Waals surface area contributed by atoms with Crippen LogP contribution in [0.25, 0.3) is 0 Å². The Hall–Kier alpha value is -2.26. The number of carbonyl (C=O) groups is 1. The van der Waals surface area contributed by atoms with Gasteiger partial charge in [0.1, 0.15) is 0 Å². The van der Waals surface area contributed by atoms with Crippen molar-refractivity contribution in [1.29, 1.82) is 0 Å². The molecule has 1 aliphatic heterocycles. The molecule has 148 valence electrons. The molecule has 4 rings (SSSR count). The SMILES string of the molecule is NC(=O)c1cnccc1CN1CN(c2ccc(SC(F)(F)F)cc2)CC12CC2. The monoisotopic (exact) mass is 408 g/mol. The van der Waals surface area contributed by atoms with Crippen LogP contribution in [0, 0.1) is 0 Å². The minimum Gasteiger partial charge on any atom is -0.366 e. The molecule has 1 amide bonds. The first kappa shape index (κ1) is 19.1. The number of rotatable bonds is 5. The molecule has 0 radical (unpaired) electrons. The highest BCUT2D eigenvalue weighted by molar-refractivity contribution is 8.00. The number of hydrogen-bond donors (Lipinski definition) is 1. The van der Waals surface area contributed by atoms with E-state index in [0.29, 0.717) is 18.8 Å². The second-order valence-corrected chi connectivity index (χ2v) is 8.34. The summed E-state index contributed by atoms with van der Waals surface area (Å²) >= 11 is -0.108. The molecule has 9 heteroatoms. The van der Waals surface area contributed by atoms with Crippen molar-refractivity contribution in [3.63, 3.8) is 0 Å². The number of aromatic nitrogens is 1. The van der Waals surface area contributed by atoms with E-state index in [4.69, 9.17) is 5.73 Å². The van der Waals surface area contributed by atoms with Crippen molar-refractivity contribution in [3.05, 3.63) is 53.9 Å². The number of halogens is 3. The molecule has 1 saturated heterocycles. The Balaban J connectivity index is 1.49. The van der Waals surface area contributed by atoms with E-state index in [-0.39, 0.29) is 22.2 Å². The first-order chi connectivity index (χ1) is 13.3. The van der Waals surface area contributed by atoms with E-state index in [0.717, 1.165) is 30.6 Å². The van der Waals surface area contributed by atoms with Gasteiger partial charge in [-0.05, 0) is 60.5 Å². The zero-order valence-corrected chi connectivity index (χ0v) is 15.8. The second kappa shape index (κ2) is 6.97. The Labute approximate surface area is 164 Å². The van der Waals surface area contributed by atoms with Gasteiger partial charge in [-0.3, -0.25) is 14.7 Å². The van der Waals surface area contributed by atoms with Gasteiger partial charge in [-0.1, -0.05) is 0 Å². The number of carbonyl (C=O) groups excluding carboxylic acids is 1. The van der Waals surface area contributed by atoms with Crippen molar-refractivity contribution in [2.24, 2.45) is 5.73 Å². The quantitative estimate of drug-likeness (QED) is 0.766. The van der Waals surface area contributed by atoms with E-state index >= 15 is 0 Å². The Morgan fingerprint density at radius 2 is 1.93 bits per heavy atom. The van der Waals surface area contributed by atoms with Gasteiger partial charge in [0.15, 0.2) is 0 Å². The topological polar surface area (TPSA) is 62.5 Å². The summed E-state index contributed by atoms with van der Waals surface area (Å²) in [6.07, 6.45) is 5.25. The highest BCUT2D eigenvalue weighted by atomic mass is 32.2. The van der Waals surface area contributed by atoms with Crippen LogP contribution >= 0.6 is 11.8 Å². The molecule has 2 aromatic rings. The van der Waals surface area contributed by atoms with Gasteiger partial charge in [0.2, 0.25) is 0 Å². The predicted molar refractivity (Wildman–Crippen MR) is 101 cm³/mol. The maximum Gasteiger partial charge on any atom is 0.446 e. The molecule has 1 aromatic heterocycles. The number of amides is 1. The van der Waals surface area contributed by atoms with Gasteiger partial charge in [0.05, 0.1) is 12.2 Å². The molecular formula is C19H19F3N4OS. The summed E-state index contributed by atoms with van der Waals surface area (Å²) in [7, 11) is 0. The van der Waals surface area contributed by atoms with Crippen molar-refractivity contribution in [1.82, 2.24) is 9.88 Å². The first-order valence-corrected chi connectivity index (χ1v) is 9.66. The standard InChI is InChI=1S/C19H19F3N4OS/c20-19(21,22)28-15-3-1-14(2-4-15)25-11-18(6-7-18)26(12-25)10-13-5-8-24-9-16(13)17(23)27/h1-5,8-9H,6-7,10-12H2,(H2,23,27). The van der Waals surface area contributed by atoms with Gasteiger partial charge in [-0.15, -0.1) is 0 Å². The van der Waals surface area contributed by atoms with Crippen molar-refractivity contribution in [2.75, 3.05) is 18.1 Å². The van der Waals surface area contributed by atoms with E-state index in [1.54, 1.807) is 18.3 Å². The summed E-state index contributed by atoms with van der Waals surface area (Å²) < 4.78 is 37.5. The molecule has 1 aromatic carbocycles. The van der Waals surface area contributed by atoms with Gasteiger partial charge in [0.25, 0.3) is 5.91 Å². The van der Waals surface area contributed by atoms with Gasteiger partial charge in [-0.25, -0.2) is 0 Å². The Morgan fingerprint density at radius 3 is 2.54 bits per heavy atom. The second-order valence-electron chi connectivity index (χ2n) is 7.20. The molecule has 0 atom stereocenters. The number of nitrogens with zero attached hydrogens (tertiary/aromatic N) is 3. The predicted octanol–water partition coefficient (Wildman–Crippen LogP) is 3.60. The van der Waals surface area contributed by atoms with Crippen LogP contribution in [0.4, 0.5) is 18.9 Å². The van der Waals surface area contributed by atoms with Gasteiger partial charge < -0.3 is 10.6 Å². The fraction of sp³-hybridized carbons (Fsp3) is 0.368.